The van der Waals surface area contributed by atoms with E-state index >= 15 is 0 Å². The number of likely N-dealkylation sites (N-methyl/N-ethyl adjacent to an activating group) is 1. The van der Waals surface area contributed by atoms with Crippen LogP contribution in [0.25, 0.3) is 0 Å². The molecule has 0 bridgehead atoms. The summed E-state index contributed by atoms with van der Waals surface area (Å²) in [6.07, 6.45) is 0. The molecule has 1 aromatic carbocycles. The highest BCUT2D eigenvalue weighted by atomic mass is 35.5. The SMILES string of the molecule is CCN1CCN(CCOc2ccc(Cl)cc2Cl)CC1. The molecule has 0 N–H and O–H groups in total. The summed E-state index contributed by atoms with van der Waals surface area (Å²) in [6.45, 7) is 9.49. The van der Waals surface area contributed by atoms with E-state index in [1.165, 1.54) is 0 Å². The second-order valence-corrected chi connectivity index (χ2v) is 5.54. The van der Waals surface area contributed by atoms with Crippen molar-refractivity contribution in [2.45, 2.75) is 6.92 Å². The molecule has 0 atom stereocenters. The average Bonchev–Trinajstić information content (AvgIpc) is 2.42. The fourth-order valence-electron chi connectivity index (χ4n) is 2.21. The smallest absolute Gasteiger partial charge is 0.138 e. The van der Waals surface area contributed by atoms with Gasteiger partial charge in [-0.15, -0.1) is 0 Å². The van der Waals surface area contributed by atoms with E-state index in [9.17, 15) is 0 Å². The molecule has 3 nitrogen and oxygen atoms in total. The average molecular weight is 303 g/mol. The maximum absolute atomic E-state index is 6.06. The second-order valence-electron chi connectivity index (χ2n) is 4.70. The summed E-state index contributed by atoms with van der Waals surface area (Å²) >= 11 is 11.9. The molecule has 1 fully saturated rings. The first kappa shape index (κ1) is 14.9. The number of nitrogens with zero attached hydrogens (tertiary/aromatic N) is 2. The van der Waals surface area contributed by atoms with Crippen LogP contribution < -0.4 is 4.74 Å². The van der Waals surface area contributed by atoms with Crippen molar-refractivity contribution >= 4 is 23.2 Å². The third-order valence-corrected chi connectivity index (χ3v) is 4.00. The van der Waals surface area contributed by atoms with Gasteiger partial charge < -0.3 is 9.64 Å². The lowest BCUT2D eigenvalue weighted by Gasteiger charge is -2.33. The topological polar surface area (TPSA) is 15.7 Å². The normalized spacial score (nSPS) is 17.6. The quantitative estimate of drug-likeness (QED) is 0.831. The van der Waals surface area contributed by atoms with Crippen molar-refractivity contribution < 1.29 is 4.74 Å². The van der Waals surface area contributed by atoms with Crippen LogP contribution in [-0.4, -0.2) is 55.7 Å². The summed E-state index contributed by atoms with van der Waals surface area (Å²) in [7, 11) is 0. The van der Waals surface area contributed by atoms with Crippen molar-refractivity contribution in [2.24, 2.45) is 0 Å². The van der Waals surface area contributed by atoms with Gasteiger partial charge in [0.25, 0.3) is 0 Å². The molecule has 0 unspecified atom stereocenters. The lowest BCUT2D eigenvalue weighted by atomic mass is 10.3. The second kappa shape index (κ2) is 7.34. The van der Waals surface area contributed by atoms with Crippen molar-refractivity contribution in [3.05, 3.63) is 28.2 Å². The first-order valence-electron chi connectivity index (χ1n) is 6.71. The first-order valence-corrected chi connectivity index (χ1v) is 7.47. The Kier molecular flexibility index (Phi) is 5.76. The van der Waals surface area contributed by atoms with Gasteiger partial charge in [-0.05, 0) is 24.7 Å². The number of rotatable bonds is 5. The van der Waals surface area contributed by atoms with Gasteiger partial charge in [0.2, 0.25) is 0 Å². The van der Waals surface area contributed by atoms with E-state index in [-0.39, 0.29) is 0 Å². The van der Waals surface area contributed by atoms with Gasteiger partial charge in [0, 0.05) is 37.7 Å². The molecule has 1 saturated heterocycles. The van der Waals surface area contributed by atoms with Crippen LogP contribution in [0.15, 0.2) is 18.2 Å². The highest BCUT2D eigenvalue weighted by Gasteiger charge is 2.15. The minimum atomic E-state index is 0.573. The number of benzene rings is 1. The van der Waals surface area contributed by atoms with E-state index < -0.39 is 0 Å². The van der Waals surface area contributed by atoms with Gasteiger partial charge in [-0.2, -0.15) is 0 Å². The molecular formula is C14H20Cl2N2O. The molecule has 1 aromatic rings. The Morgan fingerprint density at radius 1 is 1.11 bits per heavy atom. The fraction of sp³-hybridized carbons (Fsp3) is 0.571. The zero-order valence-electron chi connectivity index (χ0n) is 11.2. The summed E-state index contributed by atoms with van der Waals surface area (Å²) in [5, 5.41) is 1.20. The van der Waals surface area contributed by atoms with Crippen LogP contribution in [0.4, 0.5) is 0 Å². The zero-order chi connectivity index (χ0) is 13.7. The van der Waals surface area contributed by atoms with Crippen molar-refractivity contribution in [1.29, 1.82) is 0 Å². The molecule has 0 aliphatic carbocycles. The molecule has 5 heteroatoms. The molecule has 1 heterocycles. The molecule has 106 valence electrons. The first-order chi connectivity index (χ1) is 9.19. The fourth-order valence-corrected chi connectivity index (χ4v) is 2.67. The summed E-state index contributed by atoms with van der Waals surface area (Å²) in [5.41, 5.74) is 0. The van der Waals surface area contributed by atoms with Gasteiger partial charge in [0.1, 0.15) is 12.4 Å². The van der Waals surface area contributed by atoms with E-state index in [1.807, 2.05) is 6.07 Å². The van der Waals surface area contributed by atoms with Crippen molar-refractivity contribution in [1.82, 2.24) is 9.80 Å². The van der Waals surface area contributed by atoms with Gasteiger partial charge >= 0.3 is 0 Å². The molecule has 1 aliphatic rings. The van der Waals surface area contributed by atoms with Gasteiger partial charge in [-0.1, -0.05) is 30.1 Å². The van der Waals surface area contributed by atoms with Crippen LogP contribution >= 0.6 is 23.2 Å². The Labute approximate surface area is 125 Å². The van der Waals surface area contributed by atoms with E-state index in [2.05, 4.69) is 16.7 Å². The third kappa shape index (κ3) is 4.53. The van der Waals surface area contributed by atoms with Gasteiger partial charge in [-0.25, -0.2) is 0 Å². The van der Waals surface area contributed by atoms with Gasteiger partial charge in [0.15, 0.2) is 0 Å². The lowest BCUT2D eigenvalue weighted by molar-refractivity contribution is 0.121. The number of ether oxygens (including phenoxy) is 1. The van der Waals surface area contributed by atoms with Crippen molar-refractivity contribution in [3.8, 4) is 5.75 Å². The molecule has 2 rings (SSSR count). The molecule has 19 heavy (non-hydrogen) atoms. The predicted molar refractivity (Wildman–Crippen MR) is 80.5 cm³/mol. The van der Waals surface area contributed by atoms with Crippen LogP contribution in [0.3, 0.4) is 0 Å². The van der Waals surface area contributed by atoms with Gasteiger partial charge in [0.05, 0.1) is 5.02 Å². The van der Waals surface area contributed by atoms with Crippen LogP contribution in [0, 0.1) is 0 Å². The van der Waals surface area contributed by atoms with E-state index in [1.54, 1.807) is 12.1 Å². The molecule has 0 amide bonds. The highest BCUT2D eigenvalue weighted by Crippen LogP contribution is 2.27. The molecule has 0 radical (unpaired) electrons. The third-order valence-electron chi connectivity index (χ3n) is 3.47. The van der Waals surface area contributed by atoms with Crippen LogP contribution in [-0.2, 0) is 0 Å². The van der Waals surface area contributed by atoms with Gasteiger partial charge in [-0.3, -0.25) is 4.90 Å². The number of hydrogen-bond donors (Lipinski definition) is 0. The summed E-state index contributed by atoms with van der Waals surface area (Å²) in [5.74, 6) is 0.707. The monoisotopic (exact) mass is 302 g/mol. The minimum Gasteiger partial charge on any atom is -0.491 e. The number of halogens is 2. The highest BCUT2D eigenvalue weighted by molar-refractivity contribution is 6.35. The Morgan fingerprint density at radius 3 is 2.42 bits per heavy atom. The number of piperazine rings is 1. The Hall–Kier alpha value is -0.480. The maximum Gasteiger partial charge on any atom is 0.138 e. The maximum atomic E-state index is 6.06. The molecule has 0 spiro atoms. The van der Waals surface area contributed by atoms with E-state index in [0.717, 1.165) is 39.3 Å². The molecule has 1 aliphatic heterocycles. The lowest BCUT2D eigenvalue weighted by Crippen LogP contribution is -2.47. The van der Waals surface area contributed by atoms with Crippen LogP contribution in [0.1, 0.15) is 6.92 Å². The summed E-state index contributed by atoms with van der Waals surface area (Å²) in [4.78, 5) is 4.89. The molecular weight excluding hydrogens is 283 g/mol. The van der Waals surface area contributed by atoms with Crippen LogP contribution in [0.2, 0.25) is 10.0 Å². The zero-order valence-corrected chi connectivity index (χ0v) is 12.8. The summed E-state index contributed by atoms with van der Waals surface area (Å²) < 4.78 is 5.70. The van der Waals surface area contributed by atoms with Crippen molar-refractivity contribution in [2.75, 3.05) is 45.9 Å². The molecule has 0 saturated carbocycles. The van der Waals surface area contributed by atoms with E-state index in [0.29, 0.717) is 22.4 Å². The molecule has 0 aromatic heterocycles. The predicted octanol–water partition coefficient (Wildman–Crippen LogP) is 3.01. The Balaban J connectivity index is 1.72. The number of hydrogen-bond acceptors (Lipinski definition) is 3. The van der Waals surface area contributed by atoms with E-state index in [4.69, 9.17) is 27.9 Å². The standard InChI is InChI=1S/C14H20Cl2N2O/c1-2-17-5-7-18(8-6-17)9-10-19-14-4-3-12(15)11-13(14)16/h3-4,11H,2,5-10H2,1H3. The largest absolute Gasteiger partial charge is 0.491 e. The summed E-state index contributed by atoms with van der Waals surface area (Å²) in [6, 6.07) is 5.32. The Bertz CT molecular complexity index is 406. The van der Waals surface area contributed by atoms with Crippen molar-refractivity contribution in [3.63, 3.8) is 0 Å². The Morgan fingerprint density at radius 2 is 1.79 bits per heavy atom. The minimum absolute atomic E-state index is 0.573. The van der Waals surface area contributed by atoms with Crippen LogP contribution in [0.5, 0.6) is 5.75 Å².